The summed E-state index contributed by atoms with van der Waals surface area (Å²) < 4.78 is 10.4. The quantitative estimate of drug-likeness (QED) is 0.825. The fraction of sp³-hybridized carbons (Fsp3) is 0.500. The van der Waals surface area contributed by atoms with E-state index < -0.39 is 0 Å². The summed E-state index contributed by atoms with van der Waals surface area (Å²) in [6.45, 7) is 3.40. The Labute approximate surface area is 107 Å². The molecule has 0 saturated heterocycles. The first-order valence-corrected chi connectivity index (χ1v) is 6.28. The maximum absolute atomic E-state index is 11.9. The topological polar surface area (TPSA) is 38.8 Å². The van der Waals surface area contributed by atoms with Crippen molar-refractivity contribution in [3.05, 3.63) is 35.4 Å². The normalized spacial score (nSPS) is 18.3. The Kier molecular flexibility index (Phi) is 4.20. The van der Waals surface area contributed by atoms with Crippen molar-refractivity contribution in [2.75, 3.05) is 26.9 Å². The summed E-state index contributed by atoms with van der Waals surface area (Å²) in [6, 6.07) is 8.16. The molecule has 0 saturated carbocycles. The second-order valence-electron chi connectivity index (χ2n) is 4.31. The molecule has 98 valence electrons. The molecule has 2 rings (SSSR count). The van der Waals surface area contributed by atoms with Crippen molar-refractivity contribution in [1.29, 1.82) is 0 Å². The molecule has 1 heterocycles. The standard InChI is InChI=1S/C14H19NO3/c1-3-18-14(16)15-9-8-11-6-4-5-7-12(11)13(15)10-17-2/h4-7,13H,3,8-10H2,1-2H3. The number of amides is 1. The zero-order chi connectivity index (χ0) is 13.0. The number of benzene rings is 1. The molecule has 18 heavy (non-hydrogen) atoms. The molecule has 1 aromatic rings. The van der Waals surface area contributed by atoms with Crippen LogP contribution in [0.2, 0.25) is 0 Å². The van der Waals surface area contributed by atoms with Crippen LogP contribution in [-0.2, 0) is 15.9 Å². The molecular formula is C14H19NO3. The maximum Gasteiger partial charge on any atom is 0.410 e. The fourth-order valence-corrected chi connectivity index (χ4v) is 2.41. The first kappa shape index (κ1) is 12.9. The number of hydrogen-bond acceptors (Lipinski definition) is 3. The zero-order valence-electron chi connectivity index (χ0n) is 10.9. The largest absolute Gasteiger partial charge is 0.450 e. The minimum atomic E-state index is -0.256. The average molecular weight is 249 g/mol. The molecule has 0 N–H and O–H groups in total. The minimum Gasteiger partial charge on any atom is -0.450 e. The van der Waals surface area contributed by atoms with Crippen LogP contribution in [0.5, 0.6) is 0 Å². The average Bonchev–Trinajstić information content (AvgIpc) is 2.39. The fourth-order valence-electron chi connectivity index (χ4n) is 2.41. The van der Waals surface area contributed by atoms with E-state index in [1.54, 1.807) is 12.0 Å². The lowest BCUT2D eigenvalue weighted by Crippen LogP contribution is -2.42. The number of carbonyl (C=O) groups is 1. The number of carbonyl (C=O) groups excluding carboxylic acids is 1. The smallest absolute Gasteiger partial charge is 0.410 e. The van der Waals surface area contributed by atoms with Gasteiger partial charge in [-0.3, -0.25) is 4.90 Å². The molecule has 0 fully saturated rings. The zero-order valence-corrected chi connectivity index (χ0v) is 10.9. The van der Waals surface area contributed by atoms with Gasteiger partial charge in [0.05, 0.1) is 19.3 Å². The summed E-state index contributed by atoms with van der Waals surface area (Å²) >= 11 is 0. The third-order valence-corrected chi connectivity index (χ3v) is 3.24. The molecule has 0 bridgehead atoms. The number of rotatable bonds is 3. The van der Waals surface area contributed by atoms with E-state index >= 15 is 0 Å². The van der Waals surface area contributed by atoms with Crippen LogP contribution in [0.4, 0.5) is 4.79 Å². The number of nitrogens with zero attached hydrogens (tertiary/aromatic N) is 1. The molecule has 1 amide bonds. The lowest BCUT2D eigenvalue weighted by Gasteiger charge is -2.36. The molecule has 1 aromatic carbocycles. The van der Waals surface area contributed by atoms with Gasteiger partial charge in [-0.25, -0.2) is 4.79 Å². The summed E-state index contributed by atoms with van der Waals surface area (Å²) in [6.07, 6.45) is 0.615. The third-order valence-electron chi connectivity index (χ3n) is 3.24. The Bertz CT molecular complexity index is 419. The van der Waals surface area contributed by atoms with Gasteiger partial charge in [0.15, 0.2) is 0 Å². The predicted molar refractivity (Wildman–Crippen MR) is 68.5 cm³/mol. The molecule has 4 heteroatoms. The molecule has 0 aromatic heterocycles. The van der Waals surface area contributed by atoms with Crippen LogP contribution in [0.15, 0.2) is 24.3 Å². The number of fused-ring (bicyclic) bond motifs is 1. The van der Waals surface area contributed by atoms with Gasteiger partial charge in [-0.15, -0.1) is 0 Å². The van der Waals surface area contributed by atoms with Crippen LogP contribution in [0.1, 0.15) is 24.1 Å². The number of hydrogen-bond donors (Lipinski definition) is 0. The second kappa shape index (κ2) is 5.87. The van der Waals surface area contributed by atoms with E-state index in [1.165, 1.54) is 11.1 Å². The van der Waals surface area contributed by atoms with Crippen LogP contribution in [-0.4, -0.2) is 37.9 Å². The maximum atomic E-state index is 11.9. The molecular weight excluding hydrogens is 230 g/mol. The van der Waals surface area contributed by atoms with Gasteiger partial charge in [0.2, 0.25) is 0 Å². The van der Waals surface area contributed by atoms with Gasteiger partial charge in [-0.2, -0.15) is 0 Å². The van der Waals surface area contributed by atoms with Crippen molar-refractivity contribution >= 4 is 6.09 Å². The van der Waals surface area contributed by atoms with Gasteiger partial charge in [-0.1, -0.05) is 24.3 Å². The molecule has 1 unspecified atom stereocenters. The highest BCUT2D eigenvalue weighted by Gasteiger charge is 2.31. The summed E-state index contributed by atoms with van der Waals surface area (Å²) in [5.74, 6) is 0. The van der Waals surface area contributed by atoms with E-state index in [-0.39, 0.29) is 12.1 Å². The van der Waals surface area contributed by atoms with E-state index in [1.807, 2.05) is 19.1 Å². The van der Waals surface area contributed by atoms with Crippen LogP contribution in [0.3, 0.4) is 0 Å². The third kappa shape index (κ3) is 2.48. The molecule has 1 aliphatic heterocycles. The van der Waals surface area contributed by atoms with E-state index in [9.17, 15) is 4.79 Å². The second-order valence-corrected chi connectivity index (χ2v) is 4.31. The Balaban J connectivity index is 2.26. The highest BCUT2D eigenvalue weighted by molar-refractivity contribution is 5.69. The summed E-state index contributed by atoms with van der Waals surface area (Å²) in [5.41, 5.74) is 2.46. The first-order chi connectivity index (χ1) is 8.77. The number of methoxy groups -OCH3 is 1. The molecule has 4 nitrogen and oxygen atoms in total. The SMILES string of the molecule is CCOC(=O)N1CCc2ccccc2C1COC. The molecule has 0 radical (unpaired) electrons. The Morgan fingerprint density at radius 2 is 2.22 bits per heavy atom. The summed E-state index contributed by atoms with van der Waals surface area (Å²) in [7, 11) is 1.65. The van der Waals surface area contributed by atoms with Crippen molar-refractivity contribution in [3.8, 4) is 0 Å². The predicted octanol–water partition coefficient (Wildman–Crippen LogP) is 2.39. The van der Waals surface area contributed by atoms with E-state index in [2.05, 4.69) is 12.1 Å². The minimum absolute atomic E-state index is 0.0426. The van der Waals surface area contributed by atoms with Crippen LogP contribution in [0, 0.1) is 0 Å². The van der Waals surface area contributed by atoms with Gasteiger partial charge in [0.1, 0.15) is 0 Å². The lowest BCUT2D eigenvalue weighted by atomic mass is 9.93. The van der Waals surface area contributed by atoms with Gasteiger partial charge in [-0.05, 0) is 24.5 Å². The summed E-state index contributed by atoms with van der Waals surface area (Å²) in [5, 5.41) is 0. The molecule has 1 atom stereocenters. The van der Waals surface area contributed by atoms with E-state index in [4.69, 9.17) is 9.47 Å². The Hall–Kier alpha value is -1.55. The van der Waals surface area contributed by atoms with Gasteiger partial charge in [0.25, 0.3) is 0 Å². The van der Waals surface area contributed by atoms with Crippen LogP contribution in [0.25, 0.3) is 0 Å². The van der Waals surface area contributed by atoms with Crippen LogP contribution >= 0.6 is 0 Å². The van der Waals surface area contributed by atoms with Crippen molar-refractivity contribution in [1.82, 2.24) is 4.90 Å². The number of ether oxygens (including phenoxy) is 2. The van der Waals surface area contributed by atoms with Crippen molar-refractivity contribution in [2.24, 2.45) is 0 Å². The Morgan fingerprint density at radius 1 is 1.44 bits per heavy atom. The van der Waals surface area contributed by atoms with E-state index in [0.29, 0.717) is 19.8 Å². The molecule has 1 aliphatic rings. The van der Waals surface area contributed by atoms with Gasteiger partial charge >= 0.3 is 6.09 Å². The van der Waals surface area contributed by atoms with Crippen LogP contribution < -0.4 is 0 Å². The van der Waals surface area contributed by atoms with Gasteiger partial charge in [0, 0.05) is 13.7 Å². The van der Waals surface area contributed by atoms with Gasteiger partial charge < -0.3 is 9.47 Å². The van der Waals surface area contributed by atoms with E-state index in [0.717, 1.165) is 6.42 Å². The highest BCUT2D eigenvalue weighted by atomic mass is 16.6. The summed E-state index contributed by atoms with van der Waals surface area (Å²) in [4.78, 5) is 13.7. The Morgan fingerprint density at radius 3 is 2.94 bits per heavy atom. The van der Waals surface area contributed by atoms with Crippen molar-refractivity contribution in [2.45, 2.75) is 19.4 Å². The van der Waals surface area contributed by atoms with Crippen molar-refractivity contribution < 1.29 is 14.3 Å². The molecule has 0 aliphatic carbocycles. The first-order valence-electron chi connectivity index (χ1n) is 6.28. The molecule has 0 spiro atoms. The lowest BCUT2D eigenvalue weighted by molar-refractivity contribution is 0.0559. The monoisotopic (exact) mass is 249 g/mol. The highest BCUT2D eigenvalue weighted by Crippen LogP contribution is 2.30. The van der Waals surface area contributed by atoms with Crippen molar-refractivity contribution in [3.63, 3.8) is 0 Å².